The van der Waals surface area contributed by atoms with Crippen LogP contribution in [0, 0.1) is 6.92 Å². The first kappa shape index (κ1) is 13.9. The Labute approximate surface area is 125 Å². The first-order valence-electron chi connectivity index (χ1n) is 7.53. The van der Waals surface area contributed by atoms with Gasteiger partial charge in [0, 0.05) is 30.9 Å². The number of imidazole rings is 1. The molecule has 1 atom stereocenters. The van der Waals surface area contributed by atoms with Gasteiger partial charge in [0.05, 0.1) is 6.04 Å². The fourth-order valence-corrected chi connectivity index (χ4v) is 3.13. The highest BCUT2D eigenvalue weighted by Crippen LogP contribution is 2.39. The number of nitrogens with one attached hydrogen (secondary N) is 1. The summed E-state index contributed by atoms with van der Waals surface area (Å²) in [7, 11) is 0. The lowest BCUT2D eigenvalue weighted by molar-refractivity contribution is -0.117. The van der Waals surface area contributed by atoms with Crippen molar-refractivity contribution in [1.82, 2.24) is 9.97 Å². The fraction of sp³-hybridized carbons (Fsp3) is 0.412. The summed E-state index contributed by atoms with van der Waals surface area (Å²) >= 11 is 0. The SMILES string of the molecule is CCCc1cnc(C2Cc3cc(C)ccc3N2C(C)=O)[nH]1. The number of fused-ring (bicyclic) bond motifs is 1. The van der Waals surface area contributed by atoms with Gasteiger partial charge < -0.3 is 9.88 Å². The van der Waals surface area contributed by atoms with Crippen molar-refractivity contribution in [2.24, 2.45) is 0 Å². The molecule has 1 amide bonds. The van der Waals surface area contributed by atoms with Crippen molar-refractivity contribution in [2.45, 2.75) is 46.1 Å². The lowest BCUT2D eigenvalue weighted by Crippen LogP contribution is -2.30. The second kappa shape index (κ2) is 5.35. The van der Waals surface area contributed by atoms with Crippen LogP contribution in [-0.4, -0.2) is 15.9 Å². The van der Waals surface area contributed by atoms with E-state index < -0.39 is 0 Å². The first-order chi connectivity index (χ1) is 10.1. The van der Waals surface area contributed by atoms with E-state index in [0.29, 0.717) is 0 Å². The van der Waals surface area contributed by atoms with Crippen molar-refractivity contribution in [3.8, 4) is 0 Å². The molecule has 2 aromatic rings. The van der Waals surface area contributed by atoms with E-state index in [9.17, 15) is 4.79 Å². The van der Waals surface area contributed by atoms with Gasteiger partial charge in [-0.3, -0.25) is 4.79 Å². The van der Waals surface area contributed by atoms with E-state index in [4.69, 9.17) is 0 Å². The number of nitrogens with zero attached hydrogens (tertiary/aromatic N) is 2. The standard InChI is InChI=1S/C17H21N3O/c1-4-5-14-10-18-17(19-14)16-9-13-8-11(2)6-7-15(13)20(16)12(3)21/h6-8,10,16H,4-5,9H2,1-3H3,(H,18,19). The third kappa shape index (κ3) is 2.46. The van der Waals surface area contributed by atoms with Crippen LogP contribution in [0.3, 0.4) is 0 Å². The molecule has 4 heteroatoms. The maximum Gasteiger partial charge on any atom is 0.224 e. The predicted octanol–water partition coefficient (Wildman–Crippen LogP) is 3.32. The lowest BCUT2D eigenvalue weighted by atomic mass is 10.1. The van der Waals surface area contributed by atoms with Crippen LogP contribution in [0.4, 0.5) is 5.69 Å². The molecule has 0 saturated carbocycles. The van der Waals surface area contributed by atoms with Crippen LogP contribution >= 0.6 is 0 Å². The molecule has 2 heterocycles. The summed E-state index contributed by atoms with van der Waals surface area (Å²) in [5.41, 5.74) is 4.61. The average molecular weight is 283 g/mol. The van der Waals surface area contributed by atoms with Gasteiger partial charge in [-0.05, 0) is 25.0 Å². The van der Waals surface area contributed by atoms with E-state index in [-0.39, 0.29) is 11.9 Å². The maximum absolute atomic E-state index is 12.1. The Bertz CT molecular complexity index is 674. The van der Waals surface area contributed by atoms with Gasteiger partial charge in [-0.25, -0.2) is 4.98 Å². The highest BCUT2D eigenvalue weighted by atomic mass is 16.2. The van der Waals surface area contributed by atoms with Gasteiger partial charge in [0.15, 0.2) is 0 Å². The molecule has 1 aliphatic heterocycles. The number of anilines is 1. The molecule has 0 radical (unpaired) electrons. The van der Waals surface area contributed by atoms with Crippen LogP contribution in [0.2, 0.25) is 0 Å². The maximum atomic E-state index is 12.1. The predicted molar refractivity (Wildman–Crippen MR) is 83.4 cm³/mol. The van der Waals surface area contributed by atoms with Crippen molar-refractivity contribution in [2.75, 3.05) is 4.90 Å². The minimum Gasteiger partial charge on any atom is -0.344 e. The van der Waals surface area contributed by atoms with Crippen molar-refractivity contribution < 1.29 is 4.79 Å². The van der Waals surface area contributed by atoms with Gasteiger partial charge in [-0.2, -0.15) is 0 Å². The van der Waals surface area contributed by atoms with Gasteiger partial charge in [0.2, 0.25) is 5.91 Å². The molecule has 3 rings (SSSR count). The number of aromatic nitrogens is 2. The zero-order valence-electron chi connectivity index (χ0n) is 12.8. The Morgan fingerprint density at radius 2 is 2.29 bits per heavy atom. The molecule has 0 fully saturated rings. The minimum atomic E-state index is -0.00935. The third-order valence-electron chi connectivity index (χ3n) is 4.04. The average Bonchev–Trinajstić information content (AvgIpc) is 3.02. The molecular formula is C17H21N3O. The van der Waals surface area contributed by atoms with Crippen LogP contribution in [0.1, 0.15) is 49.0 Å². The molecule has 0 saturated heterocycles. The Morgan fingerprint density at radius 3 is 3.00 bits per heavy atom. The molecule has 0 bridgehead atoms. The van der Waals surface area contributed by atoms with Crippen LogP contribution < -0.4 is 4.90 Å². The second-order valence-corrected chi connectivity index (χ2v) is 5.78. The topological polar surface area (TPSA) is 49.0 Å². The van der Waals surface area contributed by atoms with Crippen molar-refractivity contribution in [3.05, 3.63) is 47.0 Å². The van der Waals surface area contributed by atoms with Gasteiger partial charge in [-0.1, -0.05) is 31.0 Å². The van der Waals surface area contributed by atoms with Crippen LogP contribution in [-0.2, 0) is 17.6 Å². The number of aromatic amines is 1. The zero-order chi connectivity index (χ0) is 15.0. The smallest absolute Gasteiger partial charge is 0.224 e. The number of rotatable bonds is 3. The van der Waals surface area contributed by atoms with E-state index in [2.05, 4.69) is 35.9 Å². The van der Waals surface area contributed by atoms with E-state index in [1.807, 2.05) is 17.2 Å². The molecular weight excluding hydrogens is 262 g/mol. The molecule has 21 heavy (non-hydrogen) atoms. The quantitative estimate of drug-likeness (QED) is 0.939. The summed E-state index contributed by atoms with van der Waals surface area (Å²) in [4.78, 5) is 21.8. The number of amides is 1. The molecule has 1 unspecified atom stereocenters. The summed E-state index contributed by atoms with van der Waals surface area (Å²) in [6.07, 6.45) is 4.80. The first-order valence-corrected chi connectivity index (χ1v) is 7.53. The molecule has 1 aliphatic rings. The zero-order valence-corrected chi connectivity index (χ0v) is 12.8. The minimum absolute atomic E-state index is 0.00935. The lowest BCUT2D eigenvalue weighted by Gasteiger charge is -2.22. The highest BCUT2D eigenvalue weighted by molar-refractivity contribution is 5.94. The summed E-state index contributed by atoms with van der Waals surface area (Å²) in [6.45, 7) is 5.85. The van der Waals surface area contributed by atoms with Gasteiger partial charge in [0.25, 0.3) is 0 Å². The molecule has 4 nitrogen and oxygen atoms in total. The van der Waals surface area contributed by atoms with Crippen LogP contribution in [0.5, 0.6) is 0 Å². The molecule has 1 aromatic heterocycles. The third-order valence-corrected chi connectivity index (χ3v) is 4.04. The summed E-state index contributed by atoms with van der Waals surface area (Å²) in [6, 6.07) is 6.26. The second-order valence-electron chi connectivity index (χ2n) is 5.78. The molecule has 1 N–H and O–H groups in total. The summed E-state index contributed by atoms with van der Waals surface area (Å²) in [5, 5.41) is 0. The van der Waals surface area contributed by atoms with Crippen LogP contribution in [0.15, 0.2) is 24.4 Å². The number of carbonyl (C=O) groups is 1. The van der Waals surface area contributed by atoms with E-state index in [1.165, 1.54) is 11.1 Å². The monoisotopic (exact) mass is 283 g/mol. The Kier molecular flexibility index (Phi) is 3.53. The number of hydrogen-bond donors (Lipinski definition) is 1. The Hall–Kier alpha value is -2.10. The number of aryl methyl sites for hydroxylation is 2. The van der Waals surface area contributed by atoms with Crippen molar-refractivity contribution >= 4 is 11.6 Å². The fourth-order valence-electron chi connectivity index (χ4n) is 3.13. The molecule has 110 valence electrons. The number of hydrogen-bond acceptors (Lipinski definition) is 2. The van der Waals surface area contributed by atoms with E-state index in [0.717, 1.165) is 36.5 Å². The van der Waals surface area contributed by atoms with E-state index in [1.54, 1.807) is 6.92 Å². The number of H-pyrrole nitrogens is 1. The van der Waals surface area contributed by atoms with Gasteiger partial charge in [0.1, 0.15) is 5.82 Å². The number of carbonyl (C=O) groups excluding carboxylic acids is 1. The molecule has 0 aliphatic carbocycles. The van der Waals surface area contributed by atoms with Gasteiger partial charge >= 0.3 is 0 Å². The normalized spacial score (nSPS) is 17.1. The van der Waals surface area contributed by atoms with Crippen LogP contribution in [0.25, 0.3) is 0 Å². The summed E-state index contributed by atoms with van der Waals surface area (Å²) < 4.78 is 0. The Morgan fingerprint density at radius 1 is 1.48 bits per heavy atom. The summed E-state index contributed by atoms with van der Waals surface area (Å²) in [5.74, 6) is 0.957. The molecule has 0 spiro atoms. The van der Waals surface area contributed by atoms with E-state index >= 15 is 0 Å². The van der Waals surface area contributed by atoms with Crippen molar-refractivity contribution in [1.29, 1.82) is 0 Å². The molecule has 1 aromatic carbocycles. The largest absolute Gasteiger partial charge is 0.344 e. The van der Waals surface area contributed by atoms with Crippen molar-refractivity contribution in [3.63, 3.8) is 0 Å². The highest BCUT2D eigenvalue weighted by Gasteiger charge is 2.34. The number of benzene rings is 1. The van der Waals surface area contributed by atoms with Gasteiger partial charge in [-0.15, -0.1) is 0 Å². The Balaban J connectivity index is 1.97.